The van der Waals surface area contributed by atoms with Crippen LogP contribution >= 0.6 is 0 Å². The van der Waals surface area contributed by atoms with Crippen LogP contribution in [0, 0.1) is 11.8 Å². The summed E-state index contributed by atoms with van der Waals surface area (Å²) < 4.78 is 0. The topological polar surface area (TPSA) is 57.6 Å². The Kier molecular flexibility index (Phi) is 6.52. The molecule has 0 bridgehead atoms. The number of hydrogen-bond acceptors (Lipinski definition) is 2. The van der Waals surface area contributed by atoms with Crippen LogP contribution in [0.3, 0.4) is 0 Å². The molecule has 1 amide bonds. The van der Waals surface area contributed by atoms with Crippen molar-refractivity contribution in [2.75, 3.05) is 13.1 Å². The van der Waals surface area contributed by atoms with Gasteiger partial charge in [0.1, 0.15) is 0 Å². The number of hydrogen-bond donors (Lipinski definition) is 1. The minimum absolute atomic E-state index is 0.151. The smallest absolute Gasteiger partial charge is 0.303 e. The largest absolute Gasteiger partial charge is 0.481 e. The number of carboxylic acid groups (broad SMARTS) is 1. The van der Waals surface area contributed by atoms with E-state index in [-0.39, 0.29) is 18.2 Å². The van der Waals surface area contributed by atoms with E-state index in [1.54, 1.807) is 0 Å². The molecule has 4 heteroatoms. The molecule has 0 spiro atoms. The highest BCUT2D eigenvalue weighted by atomic mass is 16.4. The van der Waals surface area contributed by atoms with Crippen LogP contribution in [0.4, 0.5) is 0 Å². The average Bonchev–Trinajstić information content (AvgIpc) is 2.48. The van der Waals surface area contributed by atoms with Gasteiger partial charge in [0.2, 0.25) is 5.91 Å². The predicted molar refractivity (Wildman–Crippen MR) is 82.0 cm³/mol. The number of carboxylic acids is 1. The van der Waals surface area contributed by atoms with Crippen molar-refractivity contribution in [1.82, 2.24) is 4.90 Å². The molecule has 1 saturated carbocycles. The van der Waals surface area contributed by atoms with Crippen LogP contribution < -0.4 is 0 Å². The van der Waals surface area contributed by atoms with E-state index in [2.05, 4.69) is 0 Å². The monoisotopic (exact) mass is 295 g/mol. The SMILES string of the molecule is O=C(O)CC1CCCN(C(=O)CCCC2CCCCC2)C1. The van der Waals surface area contributed by atoms with Crippen molar-refractivity contribution in [1.29, 1.82) is 0 Å². The van der Waals surface area contributed by atoms with Crippen LogP contribution in [0.15, 0.2) is 0 Å². The van der Waals surface area contributed by atoms with Gasteiger partial charge in [0.25, 0.3) is 0 Å². The lowest BCUT2D eigenvalue weighted by molar-refractivity contribution is -0.140. The summed E-state index contributed by atoms with van der Waals surface area (Å²) >= 11 is 0. The summed E-state index contributed by atoms with van der Waals surface area (Å²) in [4.78, 5) is 24.9. The normalized spacial score (nSPS) is 24.0. The highest BCUT2D eigenvalue weighted by Gasteiger charge is 2.25. The number of amides is 1. The Hall–Kier alpha value is -1.06. The minimum Gasteiger partial charge on any atom is -0.481 e. The van der Waals surface area contributed by atoms with Crippen LogP contribution in [0.2, 0.25) is 0 Å². The molecule has 1 saturated heterocycles. The van der Waals surface area contributed by atoms with E-state index in [9.17, 15) is 9.59 Å². The van der Waals surface area contributed by atoms with Gasteiger partial charge in [-0.3, -0.25) is 9.59 Å². The number of aliphatic carboxylic acids is 1. The number of carbonyl (C=O) groups is 2. The van der Waals surface area contributed by atoms with E-state index in [4.69, 9.17) is 5.11 Å². The zero-order valence-corrected chi connectivity index (χ0v) is 13.1. The minimum atomic E-state index is -0.744. The molecule has 0 aromatic heterocycles. The second kappa shape index (κ2) is 8.40. The Morgan fingerprint density at radius 3 is 2.43 bits per heavy atom. The van der Waals surface area contributed by atoms with E-state index >= 15 is 0 Å². The molecule has 2 aliphatic rings. The fourth-order valence-electron chi connectivity index (χ4n) is 3.88. The molecular formula is C17H29NO3. The molecule has 1 unspecified atom stereocenters. The molecule has 4 nitrogen and oxygen atoms in total. The van der Waals surface area contributed by atoms with Crippen molar-refractivity contribution in [2.45, 2.75) is 70.6 Å². The lowest BCUT2D eigenvalue weighted by Crippen LogP contribution is -2.40. The maximum Gasteiger partial charge on any atom is 0.303 e. The van der Waals surface area contributed by atoms with Gasteiger partial charge in [-0.15, -0.1) is 0 Å². The predicted octanol–water partition coefficient (Wildman–Crippen LogP) is 3.45. The first-order chi connectivity index (χ1) is 10.1. The maximum atomic E-state index is 12.2. The fraction of sp³-hybridized carbons (Fsp3) is 0.882. The van der Waals surface area contributed by atoms with Crippen molar-refractivity contribution < 1.29 is 14.7 Å². The van der Waals surface area contributed by atoms with E-state index in [0.717, 1.165) is 31.7 Å². The molecule has 1 heterocycles. The van der Waals surface area contributed by atoms with Gasteiger partial charge >= 0.3 is 5.97 Å². The Morgan fingerprint density at radius 2 is 1.71 bits per heavy atom. The Morgan fingerprint density at radius 1 is 1.00 bits per heavy atom. The van der Waals surface area contributed by atoms with Crippen molar-refractivity contribution in [3.8, 4) is 0 Å². The number of nitrogens with zero attached hydrogens (tertiary/aromatic N) is 1. The maximum absolute atomic E-state index is 12.2. The summed E-state index contributed by atoms with van der Waals surface area (Å²) in [6.07, 6.45) is 11.7. The van der Waals surface area contributed by atoms with E-state index < -0.39 is 5.97 Å². The van der Waals surface area contributed by atoms with Crippen LogP contribution in [0.5, 0.6) is 0 Å². The highest BCUT2D eigenvalue weighted by Crippen LogP contribution is 2.28. The zero-order chi connectivity index (χ0) is 15.1. The first kappa shape index (κ1) is 16.3. The Bertz CT molecular complexity index is 350. The quantitative estimate of drug-likeness (QED) is 0.816. The fourth-order valence-corrected chi connectivity index (χ4v) is 3.88. The van der Waals surface area contributed by atoms with Gasteiger partial charge in [0.05, 0.1) is 0 Å². The third-order valence-corrected chi connectivity index (χ3v) is 5.06. The van der Waals surface area contributed by atoms with E-state index in [1.165, 1.54) is 38.5 Å². The molecule has 1 aliphatic carbocycles. The number of carbonyl (C=O) groups excluding carboxylic acids is 1. The van der Waals surface area contributed by atoms with Gasteiger partial charge in [0.15, 0.2) is 0 Å². The lowest BCUT2D eigenvalue weighted by Gasteiger charge is -2.32. The second-order valence-corrected chi connectivity index (χ2v) is 6.84. The van der Waals surface area contributed by atoms with E-state index in [1.807, 2.05) is 4.90 Å². The molecule has 0 aromatic carbocycles. The standard InChI is InChI=1S/C17H29NO3/c19-16(10-4-8-14-6-2-1-3-7-14)18-11-5-9-15(13-18)12-17(20)21/h14-15H,1-13H2,(H,20,21). The Labute approximate surface area is 127 Å². The number of likely N-dealkylation sites (tertiary alicyclic amines) is 1. The molecular weight excluding hydrogens is 266 g/mol. The molecule has 0 radical (unpaired) electrons. The second-order valence-electron chi connectivity index (χ2n) is 6.84. The summed E-state index contributed by atoms with van der Waals surface area (Å²) in [7, 11) is 0. The van der Waals surface area contributed by atoms with E-state index in [0.29, 0.717) is 13.0 Å². The van der Waals surface area contributed by atoms with Gasteiger partial charge in [-0.25, -0.2) is 0 Å². The lowest BCUT2D eigenvalue weighted by atomic mass is 9.85. The van der Waals surface area contributed by atoms with Gasteiger partial charge in [-0.1, -0.05) is 32.1 Å². The Balaban J connectivity index is 1.66. The summed E-state index contributed by atoms with van der Waals surface area (Å²) in [6.45, 7) is 1.47. The average molecular weight is 295 g/mol. The molecule has 120 valence electrons. The summed E-state index contributed by atoms with van der Waals surface area (Å²) in [5.74, 6) is 0.485. The molecule has 2 fully saturated rings. The van der Waals surface area contributed by atoms with Crippen LogP contribution in [-0.2, 0) is 9.59 Å². The molecule has 1 N–H and O–H groups in total. The molecule has 1 aliphatic heterocycles. The summed E-state index contributed by atoms with van der Waals surface area (Å²) in [6, 6.07) is 0. The van der Waals surface area contributed by atoms with Gasteiger partial charge in [-0.2, -0.15) is 0 Å². The highest BCUT2D eigenvalue weighted by molar-refractivity contribution is 5.76. The van der Waals surface area contributed by atoms with Crippen LogP contribution in [-0.4, -0.2) is 35.0 Å². The molecule has 2 rings (SSSR count). The summed E-state index contributed by atoms with van der Waals surface area (Å²) in [5, 5.41) is 8.87. The summed E-state index contributed by atoms with van der Waals surface area (Å²) in [5.41, 5.74) is 0. The van der Waals surface area contributed by atoms with Crippen molar-refractivity contribution >= 4 is 11.9 Å². The first-order valence-corrected chi connectivity index (χ1v) is 8.64. The molecule has 0 aromatic rings. The van der Waals surface area contributed by atoms with Crippen LogP contribution in [0.1, 0.15) is 70.6 Å². The zero-order valence-electron chi connectivity index (χ0n) is 13.1. The first-order valence-electron chi connectivity index (χ1n) is 8.64. The molecule has 21 heavy (non-hydrogen) atoms. The van der Waals surface area contributed by atoms with Gasteiger partial charge in [-0.05, 0) is 37.5 Å². The molecule has 1 atom stereocenters. The van der Waals surface area contributed by atoms with Gasteiger partial charge in [0, 0.05) is 25.9 Å². The number of piperidine rings is 1. The van der Waals surface area contributed by atoms with Gasteiger partial charge < -0.3 is 10.0 Å². The third kappa shape index (κ3) is 5.68. The number of rotatable bonds is 6. The third-order valence-electron chi connectivity index (χ3n) is 5.06. The van der Waals surface area contributed by atoms with Crippen molar-refractivity contribution in [3.05, 3.63) is 0 Å². The van der Waals surface area contributed by atoms with Crippen LogP contribution in [0.25, 0.3) is 0 Å². The van der Waals surface area contributed by atoms with Crippen molar-refractivity contribution in [3.63, 3.8) is 0 Å². The van der Waals surface area contributed by atoms with Crippen molar-refractivity contribution in [2.24, 2.45) is 11.8 Å².